The molecule has 182 valence electrons. The maximum absolute atomic E-state index is 12.4. The van der Waals surface area contributed by atoms with E-state index < -0.39 is 0 Å². The van der Waals surface area contributed by atoms with Gasteiger partial charge in [-0.1, -0.05) is 43.1 Å². The minimum Gasteiger partial charge on any atom is -0.488 e. The molecule has 2 aromatic rings. The van der Waals surface area contributed by atoms with E-state index in [-0.39, 0.29) is 17.1 Å². The van der Waals surface area contributed by atoms with Crippen molar-refractivity contribution in [1.29, 1.82) is 0 Å². The summed E-state index contributed by atoms with van der Waals surface area (Å²) in [6.07, 6.45) is 4.41. The number of amides is 1. The molecule has 0 radical (unpaired) electrons. The largest absolute Gasteiger partial charge is 0.488 e. The molecule has 0 aliphatic carbocycles. The molecule has 1 amide bonds. The van der Waals surface area contributed by atoms with E-state index in [2.05, 4.69) is 52.9 Å². The van der Waals surface area contributed by atoms with E-state index in [0.29, 0.717) is 22.2 Å². The highest BCUT2D eigenvalue weighted by molar-refractivity contribution is 6.35. The van der Waals surface area contributed by atoms with Crippen LogP contribution >= 0.6 is 23.2 Å². The molecule has 0 heterocycles. The van der Waals surface area contributed by atoms with Gasteiger partial charge >= 0.3 is 0 Å². The third-order valence-electron chi connectivity index (χ3n) is 5.85. The average Bonchev–Trinajstić information content (AvgIpc) is 2.76. The van der Waals surface area contributed by atoms with Crippen LogP contribution in [0.1, 0.15) is 83.1 Å². The first kappa shape index (κ1) is 27.3. The van der Waals surface area contributed by atoms with Gasteiger partial charge in [0, 0.05) is 17.6 Å². The maximum atomic E-state index is 12.4. The molecule has 2 rings (SSSR count). The third kappa shape index (κ3) is 8.75. The Bertz CT molecular complexity index is 941. The lowest BCUT2D eigenvalue weighted by atomic mass is 10.0. The van der Waals surface area contributed by atoms with Crippen LogP contribution in [0.3, 0.4) is 0 Å². The van der Waals surface area contributed by atoms with Gasteiger partial charge in [-0.2, -0.15) is 0 Å². The van der Waals surface area contributed by atoms with Crippen molar-refractivity contribution in [2.45, 2.75) is 84.8 Å². The first-order chi connectivity index (χ1) is 15.5. The molecule has 0 aliphatic heterocycles. The van der Waals surface area contributed by atoms with Crippen LogP contribution in [0, 0.1) is 0 Å². The van der Waals surface area contributed by atoms with Gasteiger partial charge in [-0.05, 0) is 89.6 Å². The van der Waals surface area contributed by atoms with Crippen LogP contribution in [-0.4, -0.2) is 23.7 Å². The predicted octanol–water partition coefficient (Wildman–Crippen LogP) is 7.88. The third-order valence-corrected chi connectivity index (χ3v) is 6.42. The van der Waals surface area contributed by atoms with Gasteiger partial charge in [-0.25, -0.2) is 0 Å². The molecule has 0 atom stereocenters. The van der Waals surface area contributed by atoms with Gasteiger partial charge in [-0.3, -0.25) is 4.79 Å². The fourth-order valence-electron chi connectivity index (χ4n) is 3.07. The van der Waals surface area contributed by atoms with E-state index >= 15 is 0 Å². The van der Waals surface area contributed by atoms with Gasteiger partial charge in [0.2, 0.25) is 0 Å². The molecule has 0 fully saturated rings. The molecule has 0 spiro atoms. The highest BCUT2D eigenvalue weighted by atomic mass is 35.5. The summed E-state index contributed by atoms with van der Waals surface area (Å²) in [6, 6.07) is 11.0. The van der Waals surface area contributed by atoms with Crippen LogP contribution < -0.4 is 14.8 Å². The van der Waals surface area contributed by atoms with Crippen molar-refractivity contribution in [3.63, 3.8) is 0 Å². The van der Waals surface area contributed by atoms with Gasteiger partial charge < -0.3 is 14.8 Å². The zero-order valence-electron chi connectivity index (χ0n) is 20.7. The summed E-state index contributed by atoms with van der Waals surface area (Å²) in [5.74, 6) is 1.47. The summed E-state index contributed by atoms with van der Waals surface area (Å²) in [6.45, 7) is 13.2. The van der Waals surface area contributed by atoms with Crippen molar-refractivity contribution >= 4 is 29.1 Å². The first-order valence-electron chi connectivity index (χ1n) is 11.7. The Labute approximate surface area is 209 Å². The summed E-state index contributed by atoms with van der Waals surface area (Å²) in [7, 11) is 0. The van der Waals surface area contributed by atoms with Crippen LogP contribution in [0.4, 0.5) is 0 Å². The lowest BCUT2D eigenvalue weighted by Crippen LogP contribution is -2.28. The van der Waals surface area contributed by atoms with E-state index in [9.17, 15) is 4.79 Å². The molecule has 33 heavy (non-hydrogen) atoms. The SMILES string of the molecule is CCC(C)(C)Oc1ccc(CCCCNC(=O)c2cc(Cl)ccc2Cl)c(OC(C)(C)CC)c1. The van der Waals surface area contributed by atoms with Crippen molar-refractivity contribution in [2.24, 2.45) is 0 Å². The minimum atomic E-state index is -0.266. The standard InChI is InChI=1S/C27H37Cl2NO3/c1-7-26(3,4)32-21-14-12-19(24(18-21)33-27(5,6)8-2)11-9-10-16-30-25(31)22-17-20(28)13-15-23(22)29/h12-15,17-18H,7-11,16H2,1-6H3,(H,30,31). The zero-order valence-corrected chi connectivity index (χ0v) is 22.2. The number of aryl methyl sites for hydroxylation is 1. The van der Waals surface area contributed by atoms with Gasteiger partial charge in [0.1, 0.15) is 22.7 Å². The molecule has 4 nitrogen and oxygen atoms in total. The molecule has 0 saturated heterocycles. The summed E-state index contributed by atoms with van der Waals surface area (Å²) < 4.78 is 12.5. The number of nitrogens with one attached hydrogen (secondary N) is 1. The second-order valence-corrected chi connectivity index (χ2v) is 10.4. The van der Waals surface area contributed by atoms with E-state index in [0.717, 1.165) is 49.2 Å². The predicted molar refractivity (Wildman–Crippen MR) is 138 cm³/mol. The van der Waals surface area contributed by atoms with Crippen molar-refractivity contribution < 1.29 is 14.3 Å². The van der Waals surface area contributed by atoms with Crippen molar-refractivity contribution in [2.75, 3.05) is 6.54 Å². The molecular weight excluding hydrogens is 457 g/mol. The second kappa shape index (κ2) is 12.0. The smallest absolute Gasteiger partial charge is 0.252 e. The molecule has 0 saturated carbocycles. The quantitative estimate of drug-likeness (QED) is 0.305. The number of benzene rings is 2. The second-order valence-electron chi connectivity index (χ2n) is 9.54. The summed E-state index contributed by atoms with van der Waals surface area (Å²) in [4.78, 5) is 12.4. The molecule has 1 N–H and O–H groups in total. The normalized spacial score (nSPS) is 11.9. The summed E-state index contributed by atoms with van der Waals surface area (Å²) in [5.41, 5.74) is 1.04. The minimum absolute atomic E-state index is 0.212. The molecule has 2 aromatic carbocycles. The topological polar surface area (TPSA) is 47.6 Å². The molecule has 6 heteroatoms. The maximum Gasteiger partial charge on any atom is 0.252 e. The summed E-state index contributed by atoms with van der Waals surface area (Å²) in [5, 5.41) is 3.81. The highest BCUT2D eigenvalue weighted by Crippen LogP contribution is 2.32. The Morgan fingerprint density at radius 3 is 2.24 bits per heavy atom. The number of ether oxygens (including phenoxy) is 2. The van der Waals surface area contributed by atoms with E-state index in [4.69, 9.17) is 32.7 Å². The van der Waals surface area contributed by atoms with E-state index in [1.165, 1.54) is 0 Å². The van der Waals surface area contributed by atoms with Crippen molar-refractivity contribution in [1.82, 2.24) is 5.32 Å². The van der Waals surface area contributed by atoms with E-state index in [1.807, 2.05) is 12.1 Å². The Balaban J connectivity index is 1.99. The molecular formula is C27H37Cl2NO3. The fourth-order valence-corrected chi connectivity index (χ4v) is 3.45. The Morgan fingerprint density at radius 1 is 0.909 bits per heavy atom. The average molecular weight is 495 g/mol. The van der Waals surface area contributed by atoms with Crippen LogP contribution in [0.5, 0.6) is 11.5 Å². The monoisotopic (exact) mass is 493 g/mol. The van der Waals surface area contributed by atoms with Crippen molar-refractivity contribution in [3.8, 4) is 11.5 Å². The molecule has 0 aromatic heterocycles. The lowest BCUT2D eigenvalue weighted by molar-refractivity contribution is 0.0942. The lowest BCUT2D eigenvalue weighted by Gasteiger charge is -2.29. The molecule has 0 unspecified atom stereocenters. The number of carbonyl (C=O) groups excluding carboxylic acids is 1. The number of rotatable bonds is 12. The summed E-state index contributed by atoms with van der Waals surface area (Å²) >= 11 is 12.1. The van der Waals surface area contributed by atoms with Gasteiger partial charge in [0.15, 0.2) is 0 Å². The van der Waals surface area contributed by atoms with Crippen LogP contribution in [0.2, 0.25) is 10.0 Å². The van der Waals surface area contributed by atoms with Crippen LogP contribution in [0.15, 0.2) is 36.4 Å². The molecule has 0 bridgehead atoms. The van der Waals surface area contributed by atoms with Gasteiger partial charge in [0.05, 0.1) is 10.6 Å². The number of unbranched alkanes of at least 4 members (excludes halogenated alkanes) is 1. The van der Waals surface area contributed by atoms with E-state index in [1.54, 1.807) is 18.2 Å². The Morgan fingerprint density at radius 2 is 1.58 bits per heavy atom. The van der Waals surface area contributed by atoms with Gasteiger partial charge in [0.25, 0.3) is 5.91 Å². The van der Waals surface area contributed by atoms with Crippen LogP contribution in [0.25, 0.3) is 0 Å². The zero-order chi connectivity index (χ0) is 24.6. The Kier molecular flexibility index (Phi) is 9.93. The molecule has 0 aliphatic rings. The Hall–Kier alpha value is -1.91. The highest BCUT2D eigenvalue weighted by Gasteiger charge is 2.21. The number of hydrogen-bond donors (Lipinski definition) is 1. The number of hydrogen-bond acceptors (Lipinski definition) is 3. The number of halogens is 2. The number of carbonyl (C=O) groups is 1. The fraction of sp³-hybridized carbons (Fsp3) is 0.519. The first-order valence-corrected chi connectivity index (χ1v) is 12.5. The van der Waals surface area contributed by atoms with Gasteiger partial charge in [-0.15, -0.1) is 0 Å². The van der Waals surface area contributed by atoms with Crippen molar-refractivity contribution in [3.05, 3.63) is 57.6 Å². The van der Waals surface area contributed by atoms with Crippen LogP contribution in [-0.2, 0) is 6.42 Å².